The third-order valence-electron chi connectivity index (χ3n) is 3.31. The summed E-state index contributed by atoms with van der Waals surface area (Å²) in [7, 11) is 1.68. The monoisotopic (exact) mass is 243 g/mol. The van der Waals surface area contributed by atoms with Crippen molar-refractivity contribution in [1.82, 2.24) is 9.78 Å². The molecular formula is C14H17N3O. The maximum atomic E-state index is 5.69. The van der Waals surface area contributed by atoms with Gasteiger partial charge in [-0.05, 0) is 31.0 Å². The maximum absolute atomic E-state index is 5.69. The van der Waals surface area contributed by atoms with Crippen LogP contribution in [0.15, 0.2) is 30.3 Å². The first-order valence-electron chi connectivity index (χ1n) is 6.25. The lowest BCUT2D eigenvalue weighted by molar-refractivity contribution is 0.411. The van der Waals surface area contributed by atoms with Gasteiger partial charge >= 0.3 is 0 Å². The van der Waals surface area contributed by atoms with Gasteiger partial charge in [-0.2, -0.15) is 5.10 Å². The van der Waals surface area contributed by atoms with E-state index in [2.05, 4.69) is 11.2 Å². The molecule has 0 unspecified atom stereocenters. The summed E-state index contributed by atoms with van der Waals surface area (Å²) in [6, 6.07) is 10.1. The summed E-state index contributed by atoms with van der Waals surface area (Å²) in [5, 5.41) is 4.58. The van der Waals surface area contributed by atoms with E-state index in [1.807, 2.05) is 28.9 Å². The molecule has 2 N–H and O–H groups in total. The molecule has 1 aromatic carbocycles. The third kappa shape index (κ3) is 1.88. The van der Waals surface area contributed by atoms with Crippen molar-refractivity contribution in [2.24, 2.45) is 5.73 Å². The first-order valence-corrected chi connectivity index (χ1v) is 6.25. The number of ether oxygens (including phenoxy) is 1. The van der Waals surface area contributed by atoms with Crippen molar-refractivity contribution in [3.8, 4) is 11.4 Å². The predicted molar refractivity (Wildman–Crippen MR) is 70.0 cm³/mol. The van der Waals surface area contributed by atoms with Gasteiger partial charge in [-0.3, -0.25) is 0 Å². The summed E-state index contributed by atoms with van der Waals surface area (Å²) in [5.74, 6) is 1.47. The Bertz CT molecular complexity index is 558. The molecule has 0 bridgehead atoms. The number of aromatic nitrogens is 2. The van der Waals surface area contributed by atoms with Gasteiger partial charge in [0.1, 0.15) is 11.4 Å². The second kappa shape index (κ2) is 4.46. The Kier molecular flexibility index (Phi) is 2.80. The molecule has 0 atom stereocenters. The van der Waals surface area contributed by atoms with E-state index in [1.165, 1.54) is 18.5 Å². The lowest BCUT2D eigenvalue weighted by Gasteiger charge is -2.10. The van der Waals surface area contributed by atoms with E-state index >= 15 is 0 Å². The second-order valence-corrected chi connectivity index (χ2v) is 4.62. The number of rotatable bonds is 4. The lowest BCUT2D eigenvalue weighted by atomic mass is 10.2. The first kappa shape index (κ1) is 11.3. The molecule has 1 aliphatic carbocycles. The molecule has 4 nitrogen and oxygen atoms in total. The fourth-order valence-electron chi connectivity index (χ4n) is 2.21. The van der Waals surface area contributed by atoms with E-state index in [0.717, 1.165) is 17.1 Å². The van der Waals surface area contributed by atoms with Crippen LogP contribution in [0.2, 0.25) is 0 Å². The summed E-state index contributed by atoms with van der Waals surface area (Å²) in [4.78, 5) is 0. The Morgan fingerprint density at radius 2 is 2.17 bits per heavy atom. The normalized spacial score (nSPS) is 14.8. The summed E-state index contributed by atoms with van der Waals surface area (Å²) >= 11 is 0. The molecule has 1 heterocycles. The van der Waals surface area contributed by atoms with Gasteiger partial charge < -0.3 is 10.5 Å². The van der Waals surface area contributed by atoms with Gasteiger partial charge in [0.15, 0.2) is 0 Å². The third-order valence-corrected chi connectivity index (χ3v) is 3.31. The highest BCUT2D eigenvalue weighted by molar-refractivity contribution is 5.47. The Labute approximate surface area is 106 Å². The average Bonchev–Trinajstić information content (AvgIpc) is 3.18. The fourth-order valence-corrected chi connectivity index (χ4v) is 2.21. The lowest BCUT2D eigenvalue weighted by Crippen LogP contribution is -2.04. The van der Waals surface area contributed by atoms with E-state index in [-0.39, 0.29) is 0 Å². The molecule has 18 heavy (non-hydrogen) atoms. The fraction of sp³-hybridized carbons (Fsp3) is 0.357. The van der Waals surface area contributed by atoms with Crippen LogP contribution in [0.25, 0.3) is 5.69 Å². The number of hydrogen-bond donors (Lipinski definition) is 1. The largest absolute Gasteiger partial charge is 0.494 e. The summed E-state index contributed by atoms with van der Waals surface area (Å²) in [5.41, 5.74) is 8.86. The van der Waals surface area contributed by atoms with Gasteiger partial charge in [0, 0.05) is 18.2 Å². The molecule has 0 saturated heterocycles. The summed E-state index contributed by atoms with van der Waals surface area (Å²) in [6.45, 7) is 0.474. The van der Waals surface area contributed by atoms with Crippen molar-refractivity contribution in [2.45, 2.75) is 25.3 Å². The molecule has 94 valence electrons. The van der Waals surface area contributed by atoms with Crippen LogP contribution >= 0.6 is 0 Å². The van der Waals surface area contributed by atoms with Crippen LogP contribution in [0, 0.1) is 0 Å². The van der Waals surface area contributed by atoms with Gasteiger partial charge in [-0.25, -0.2) is 4.68 Å². The minimum Gasteiger partial charge on any atom is -0.494 e. The number of para-hydroxylation sites is 2. The van der Waals surface area contributed by atoms with Crippen molar-refractivity contribution >= 4 is 0 Å². The first-order chi connectivity index (χ1) is 8.83. The van der Waals surface area contributed by atoms with Crippen LogP contribution in [0.5, 0.6) is 5.75 Å². The molecule has 3 rings (SSSR count). The molecular weight excluding hydrogens is 226 g/mol. The molecule has 4 heteroatoms. The molecule has 0 aliphatic heterocycles. The number of hydrogen-bond acceptors (Lipinski definition) is 3. The van der Waals surface area contributed by atoms with Crippen molar-refractivity contribution in [1.29, 1.82) is 0 Å². The zero-order chi connectivity index (χ0) is 12.5. The quantitative estimate of drug-likeness (QED) is 0.895. The van der Waals surface area contributed by atoms with Crippen molar-refractivity contribution in [2.75, 3.05) is 7.11 Å². The standard InChI is InChI=1S/C14H17N3O/c1-18-14-5-3-2-4-12(14)17-13(10-6-7-10)8-11(9-15)16-17/h2-5,8,10H,6-7,9,15H2,1H3. The molecule has 0 radical (unpaired) electrons. The Morgan fingerprint density at radius 1 is 1.39 bits per heavy atom. The highest BCUT2D eigenvalue weighted by Crippen LogP contribution is 2.41. The van der Waals surface area contributed by atoms with Crippen molar-refractivity contribution < 1.29 is 4.74 Å². The number of benzene rings is 1. The van der Waals surface area contributed by atoms with Crippen LogP contribution in [-0.4, -0.2) is 16.9 Å². The van der Waals surface area contributed by atoms with E-state index in [1.54, 1.807) is 7.11 Å². The summed E-state index contributed by atoms with van der Waals surface area (Å²) in [6.07, 6.45) is 2.48. The number of methoxy groups -OCH3 is 1. The van der Waals surface area contributed by atoms with E-state index in [4.69, 9.17) is 10.5 Å². The topological polar surface area (TPSA) is 53.1 Å². The zero-order valence-electron chi connectivity index (χ0n) is 10.5. The Balaban J connectivity index is 2.12. The Hall–Kier alpha value is -1.81. The molecule has 2 aromatic rings. The van der Waals surface area contributed by atoms with Crippen LogP contribution in [0.1, 0.15) is 30.1 Å². The maximum Gasteiger partial charge on any atom is 0.144 e. The molecule has 0 amide bonds. The smallest absolute Gasteiger partial charge is 0.144 e. The molecule has 1 aromatic heterocycles. The van der Waals surface area contributed by atoms with E-state index in [9.17, 15) is 0 Å². The van der Waals surface area contributed by atoms with Gasteiger partial charge in [0.2, 0.25) is 0 Å². The second-order valence-electron chi connectivity index (χ2n) is 4.62. The van der Waals surface area contributed by atoms with E-state index < -0.39 is 0 Å². The van der Waals surface area contributed by atoms with Gasteiger partial charge in [0.05, 0.1) is 12.8 Å². The van der Waals surface area contributed by atoms with Gasteiger partial charge in [-0.15, -0.1) is 0 Å². The minimum absolute atomic E-state index is 0.474. The highest BCUT2D eigenvalue weighted by atomic mass is 16.5. The number of nitrogens with zero attached hydrogens (tertiary/aromatic N) is 2. The molecule has 1 aliphatic rings. The van der Waals surface area contributed by atoms with Gasteiger partial charge in [0.25, 0.3) is 0 Å². The molecule has 1 saturated carbocycles. The van der Waals surface area contributed by atoms with Crippen molar-refractivity contribution in [3.63, 3.8) is 0 Å². The Morgan fingerprint density at radius 3 is 2.83 bits per heavy atom. The van der Waals surface area contributed by atoms with Crippen LogP contribution in [0.4, 0.5) is 0 Å². The van der Waals surface area contributed by atoms with E-state index in [0.29, 0.717) is 12.5 Å². The minimum atomic E-state index is 0.474. The van der Waals surface area contributed by atoms with Crippen LogP contribution < -0.4 is 10.5 Å². The average molecular weight is 243 g/mol. The van der Waals surface area contributed by atoms with Gasteiger partial charge in [-0.1, -0.05) is 12.1 Å². The summed E-state index contributed by atoms with van der Waals surface area (Å²) < 4.78 is 7.39. The van der Waals surface area contributed by atoms with Crippen molar-refractivity contribution in [3.05, 3.63) is 41.7 Å². The SMILES string of the molecule is COc1ccccc1-n1nc(CN)cc1C1CC1. The van der Waals surface area contributed by atoms with Crippen LogP contribution in [0.3, 0.4) is 0 Å². The zero-order valence-corrected chi connectivity index (χ0v) is 10.5. The predicted octanol–water partition coefficient (Wildman–Crippen LogP) is 2.22. The number of nitrogens with two attached hydrogens (primary N) is 1. The molecule has 0 spiro atoms. The van der Waals surface area contributed by atoms with Crippen LogP contribution in [-0.2, 0) is 6.54 Å². The molecule has 1 fully saturated rings. The highest BCUT2D eigenvalue weighted by Gasteiger charge is 2.29.